The van der Waals surface area contributed by atoms with E-state index in [9.17, 15) is 23.0 Å². The Hall–Kier alpha value is -1.58. The summed E-state index contributed by atoms with van der Waals surface area (Å²) in [5.41, 5.74) is 2.55. The van der Waals surface area contributed by atoms with Crippen LogP contribution in [0.3, 0.4) is 0 Å². The van der Waals surface area contributed by atoms with Gasteiger partial charge in [0.2, 0.25) is 5.92 Å². The van der Waals surface area contributed by atoms with E-state index < -0.39 is 27.4 Å². The van der Waals surface area contributed by atoms with Crippen molar-refractivity contribution >= 4 is 22.4 Å². The maximum atomic E-state index is 13.6. The summed E-state index contributed by atoms with van der Waals surface area (Å²) in [4.78, 5) is 13.3. The number of carbonyl (C=O) groups is 1. The molecule has 2 aliphatic carbocycles. The van der Waals surface area contributed by atoms with Crippen molar-refractivity contribution in [1.82, 2.24) is 10.8 Å². The summed E-state index contributed by atoms with van der Waals surface area (Å²) < 4.78 is 39.2. The molecule has 1 saturated heterocycles. The van der Waals surface area contributed by atoms with Crippen LogP contribution in [-0.4, -0.2) is 45.1 Å². The number of benzene rings is 1. The van der Waals surface area contributed by atoms with Crippen LogP contribution in [0.5, 0.6) is 0 Å². The molecule has 0 bridgehead atoms. The number of hydrogen-bond donors (Lipinski definition) is 4. The van der Waals surface area contributed by atoms with E-state index in [0.29, 0.717) is 30.6 Å². The standard InChI is InChI=1S/C22H31F2N3O3S/c23-22(24)7-5-17(6-8-22)26-16-1-3-18(4-2-16)31(30)21(19(28)27-29)10-9-20(15-21)11-13-25-14-12-20/h1-4,17,25-26,29H,5-15H2,(H,27,28). The molecule has 1 aromatic rings. The Bertz CT molecular complexity index is 820. The minimum atomic E-state index is -2.56. The van der Waals surface area contributed by atoms with Crippen LogP contribution in [0.2, 0.25) is 0 Å². The monoisotopic (exact) mass is 455 g/mol. The maximum Gasteiger partial charge on any atom is 0.262 e. The predicted octanol–water partition coefficient (Wildman–Crippen LogP) is 3.58. The molecule has 2 unspecified atom stereocenters. The molecule has 172 valence electrons. The van der Waals surface area contributed by atoms with Crippen LogP contribution >= 0.6 is 0 Å². The van der Waals surface area contributed by atoms with Crippen LogP contribution in [0.4, 0.5) is 14.5 Å². The lowest BCUT2D eigenvalue weighted by molar-refractivity contribution is -0.132. The summed E-state index contributed by atoms with van der Waals surface area (Å²) in [6.45, 7) is 1.77. The van der Waals surface area contributed by atoms with Gasteiger partial charge < -0.3 is 10.6 Å². The molecular weight excluding hydrogens is 424 g/mol. The summed E-state index contributed by atoms with van der Waals surface area (Å²) in [6, 6.07) is 7.04. The van der Waals surface area contributed by atoms with Gasteiger partial charge in [-0.25, -0.2) is 14.3 Å². The van der Waals surface area contributed by atoms with Gasteiger partial charge in [-0.3, -0.25) is 14.2 Å². The van der Waals surface area contributed by atoms with Crippen molar-refractivity contribution in [3.8, 4) is 0 Å². The first-order valence-electron chi connectivity index (χ1n) is 11.1. The van der Waals surface area contributed by atoms with Gasteiger partial charge in [0.05, 0.1) is 10.8 Å². The number of nitrogens with one attached hydrogen (secondary N) is 3. The van der Waals surface area contributed by atoms with Gasteiger partial charge in [-0.2, -0.15) is 0 Å². The van der Waals surface area contributed by atoms with Crippen molar-refractivity contribution in [2.75, 3.05) is 18.4 Å². The molecule has 9 heteroatoms. The van der Waals surface area contributed by atoms with Crippen molar-refractivity contribution in [1.29, 1.82) is 0 Å². The number of carbonyl (C=O) groups excluding carboxylic acids is 1. The highest BCUT2D eigenvalue weighted by Gasteiger charge is 2.56. The Morgan fingerprint density at radius 3 is 2.29 bits per heavy atom. The van der Waals surface area contributed by atoms with E-state index in [1.54, 1.807) is 29.7 Å². The summed E-state index contributed by atoms with van der Waals surface area (Å²) in [7, 11) is -1.62. The molecule has 2 atom stereocenters. The second kappa shape index (κ2) is 8.75. The summed E-state index contributed by atoms with van der Waals surface area (Å²) in [6.07, 6.45) is 4.28. The van der Waals surface area contributed by atoms with Crippen molar-refractivity contribution in [2.24, 2.45) is 5.41 Å². The molecule has 4 rings (SSSR count). The van der Waals surface area contributed by atoms with Crippen LogP contribution in [0.1, 0.15) is 57.8 Å². The molecule has 3 fully saturated rings. The molecule has 3 aliphatic rings. The summed E-state index contributed by atoms with van der Waals surface area (Å²) in [5, 5.41) is 16.0. The number of hydroxylamine groups is 1. The lowest BCUT2D eigenvalue weighted by atomic mass is 9.77. The highest BCUT2D eigenvalue weighted by Crippen LogP contribution is 2.53. The molecule has 4 N–H and O–H groups in total. The predicted molar refractivity (Wildman–Crippen MR) is 115 cm³/mol. The SMILES string of the molecule is O=C(NO)C1(S(=O)c2ccc(NC3CCC(F)(F)CC3)cc2)CCC2(CCNCC2)C1. The molecule has 0 radical (unpaired) electrons. The summed E-state index contributed by atoms with van der Waals surface area (Å²) in [5.74, 6) is -3.14. The third-order valence-corrected chi connectivity index (χ3v) is 9.35. The van der Waals surface area contributed by atoms with E-state index in [1.165, 1.54) is 0 Å². The smallest absolute Gasteiger partial charge is 0.262 e. The van der Waals surface area contributed by atoms with Gasteiger partial charge >= 0.3 is 0 Å². The quantitative estimate of drug-likeness (QED) is 0.403. The van der Waals surface area contributed by atoms with Crippen molar-refractivity contribution in [3.63, 3.8) is 0 Å². The van der Waals surface area contributed by atoms with Crippen LogP contribution in [-0.2, 0) is 15.6 Å². The van der Waals surface area contributed by atoms with Crippen molar-refractivity contribution in [2.45, 2.75) is 79.4 Å². The molecule has 6 nitrogen and oxygen atoms in total. The third-order valence-electron chi connectivity index (χ3n) is 7.41. The zero-order chi connectivity index (χ0) is 22.1. The Morgan fingerprint density at radius 2 is 1.68 bits per heavy atom. The second-order valence-electron chi connectivity index (χ2n) is 9.43. The van der Waals surface area contributed by atoms with Crippen LogP contribution in [0.15, 0.2) is 29.2 Å². The Labute approximate surface area is 184 Å². The first-order chi connectivity index (χ1) is 14.8. The normalized spacial score (nSPS) is 28.9. The fourth-order valence-electron chi connectivity index (χ4n) is 5.49. The van der Waals surface area contributed by atoms with Crippen LogP contribution in [0, 0.1) is 5.41 Å². The van der Waals surface area contributed by atoms with Gasteiger partial charge in [0.15, 0.2) is 0 Å². The van der Waals surface area contributed by atoms with Crippen LogP contribution in [0.25, 0.3) is 0 Å². The van der Waals surface area contributed by atoms with Crippen molar-refractivity contribution in [3.05, 3.63) is 24.3 Å². The first-order valence-corrected chi connectivity index (χ1v) is 12.2. The zero-order valence-electron chi connectivity index (χ0n) is 17.6. The second-order valence-corrected chi connectivity index (χ2v) is 11.2. The van der Waals surface area contributed by atoms with E-state index >= 15 is 0 Å². The van der Waals surface area contributed by atoms with Crippen molar-refractivity contribution < 1.29 is 23.0 Å². The molecule has 1 aliphatic heterocycles. The Morgan fingerprint density at radius 1 is 1.03 bits per heavy atom. The minimum absolute atomic E-state index is 0.00270. The summed E-state index contributed by atoms with van der Waals surface area (Å²) >= 11 is 0. The molecule has 0 aromatic heterocycles. The van der Waals surface area contributed by atoms with Gasteiger partial charge in [-0.1, -0.05) is 0 Å². The lowest BCUT2D eigenvalue weighted by Gasteiger charge is -2.36. The van der Waals surface area contributed by atoms with Gasteiger partial charge in [0, 0.05) is 29.5 Å². The van der Waals surface area contributed by atoms with E-state index in [2.05, 4.69) is 10.6 Å². The van der Waals surface area contributed by atoms with E-state index in [0.717, 1.165) is 38.0 Å². The van der Waals surface area contributed by atoms with E-state index in [4.69, 9.17) is 0 Å². The topological polar surface area (TPSA) is 90.5 Å². The van der Waals surface area contributed by atoms with E-state index in [1.807, 2.05) is 0 Å². The fourth-order valence-corrected chi connectivity index (χ4v) is 7.27. The number of alkyl halides is 2. The number of anilines is 1. The van der Waals surface area contributed by atoms with Gasteiger partial charge in [-0.15, -0.1) is 0 Å². The molecule has 1 spiro atoms. The molecular formula is C22H31F2N3O3S. The van der Waals surface area contributed by atoms with Crippen LogP contribution < -0.4 is 16.1 Å². The zero-order valence-corrected chi connectivity index (χ0v) is 18.4. The van der Waals surface area contributed by atoms with Gasteiger partial charge in [-0.05, 0) is 87.7 Å². The number of hydrogen-bond acceptors (Lipinski definition) is 5. The number of halogens is 2. The molecule has 31 heavy (non-hydrogen) atoms. The minimum Gasteiger partial charge on any atom is -0.382 e. The average Bonchev–Trinajstić information content (AvgIpc) is 3.15. The lowest BCUT2D eigenvalue weighted by Crippen LogP contribution is -2.48. The van der Waals surface area contributed by atoms with E-state index in [-0.39, 0.29) is 24.3 Å². The van der Waals surface area contributed by atoms with Gasteiger partial charge in [0.1, 0.15) is 4.75 Å². The largest absolute Gasteiger partial charge is 0.382 e. The third kappa shape index (κ3) is 4.64. The highest BCUT2D eigenvalue weighted by atomic mass is 32.2. The fraction of sp³-hybridized carbons (Fsp3) is 0.682. The molecule has 1 aromatic carbocycles. The maximum absolute atomic E-state index is 13.6. The molecule has 1 heterocycles. The highest BCUT2D eigenvalue weighted by molar-refractivity contribution is 7.87. The number of piperidine rings is 1. The number of amides is 1. The average molecular weight is 456 g/mol. The number of rotatable bonds is 5. The van der Waals surface area contributed by atoms with Gasteiger partial charge in [0.25, 0.3) is 5.91 Å². The molecule has 2 saturated carbocycles. The molecule has 1 amide bonds. The first kappa shape index (κ1) is 22.6. The Kier molecular flexibility index (Phi) is 6.38. The Balaban J connectivity index is 1.47.